The lowest BCUT2D eigenvalue weighted by molar-refractivity contribution is -0.123. The van der Waals surface area contributed by atoms with Crippen LogP contribution in [0, 0.1) is 11.2 Å². The summed E-state index contributed by atoms with van der Waals surface area (Å²) in [5, 5.41) is 9.37. The molecule has 1 aromatic carbocycles. The zero-order valence-corrected chi connectivity index (χ0v) is 17.5. The minimum Gasteiger partial charge on any atom is -0.379 e. The number of halogens is 1. The Hall–Kier alpha value is -1.77. The van der Waals surface area contributed by atoms with E-state index in [1.165, 1.54) is 23.9 Å². The van der Waals surface area contributed by atoms with Crippen molar-refractivity contribution in [2.75, 3.05) is 38.6 Å². The first kappa shape index (κ1) is 21.0. The Kier molecular flexibility index (Phi) is 6.85. The molecule has 0 aliphatic carbocycles. The van der Waals surface area contributed by atoms with E-state index in [1.807, 2.05) is 25.3 Å². The molecule has 0 saturated carbocycles. The number of hydrogen-bond donors (Lipinski definition) is 0. The predicted octanol–water partition coefficient (Wildman–Crippen LogP) is 3.12. The summed E-state index contributed by atoms with van der Waals surface area (Å²) in [6.45, 7) is 10.6. The SMILES string of the molecule is CC(C)(C)C(=O)CSc1nnc(-c2ccc(F)cc2)n1CCN1CCOCC1. The standard InChI is InChI=1S/C20H27FN4O2S/c1-20(2,3)17(26)14-28-19-23-22-18(15-4-6-16(21)7-5-15)25(19)9-8-24-10-12-27-13-11-24/h4-7H,8-14H2,1-3H3. The molecule has 0 N–H and O–H groups in total. The van der Waals surface area contributed by atoms with Gasteiger partial charge in [0.25, 0.3) is 0 Å². The van der Waals surface area contributed by atoms with E-state index in [-0.39, 0.29) is 17.0 Å². The number of ketones is 1. The highest BCUT2D eigenvalue weighted by molar-refractivity contribution is 7.99. The third-order valence-corrected chi connectivity index (χ3v) is 5.70. The molecule has 3 rings (SSSR count). The van der Waals surface area contributed by atoms with E-state index < -0.39 is 0 Å². The summed E-state index contributed by atoms with van der Waals surface area (Å²) in [6, 6.07) is 6.26. The van der Waals surface area contributed by atoms with Gasteiger partial charge in [0.2, 0.25) is 0 Å². The first-order valence-corrected chi connectivity index (χ1v) is 10.5. The second-order valence-electron chi connectivity index (χ2n) is 7.88. The number of aromatic nitrogens is 3. The summed E-state index contributed by atoms with van der Waals surface area (Å²) in [5.74, 6) is 0.929. The zero-order chi connectivity index (χ0) is 20.1. The van der Waals surface area contributed by atoms with Gasteiger partial charge in [-0.3, -0.25) is 9.69 Å². The summed E-state index contributed by atoms with van der Waals surface area (Å²) in [4.78, 5) is 14.7. The van der Waals surface area contributed by atoms with Crippen LogP contribution >= 0.6 is 11.8 Å². The lowest BCUT2D eigenvalue weighted by Gasteiger charge is -2.27. The molecule has 0 radical (unpaired) electrons. The van der Waals surface area contributed by atoms with Crippen LogP contribution in [0.25, 0.3) is 11.4 Å². The molecule has 0 amide bonds. The molecule has 0 spiro atoms. The molecule has 6 nitrogen and oxygen atoms in total. The third-order valence-electron chi connectivity index (χ3n) is 4.73. The average molecular weight is 407 g/mol. The molecule has 2 aromatic rings. The summed E-state index contributed by atoms with van der Waals surface area (Å²) >= 11 is 1.41. The van der Waals surface area contributed by atoms with E-state index in [0.29, 0.717) is 23.3 Å². The Labute approximate surface area is 169 Å². The van der Waals surface area contributed by atoms with Gasteiger partial charge in [0.05, 0.1) is 19.0 Å². The van der Waals surface area contributed by atoms with Gasteiger partial charge in [0.1, 0.15) is 11.6 Å². The van der Waals surface area contributed by atoms with E-state index in [4.69, 9.17) is 4.74 Å². The van der Waals surface area contributed by atoms with Crippen molar-refractivity contribution in [3.8, 4) is 11.4 Å². The molecule has 28 heavy (non-hydrogen) atoms. The van der Waals surface area contributed by atoms with Gasteiger partial charge in [-0.1, -0.05) is 32.5 Å². The number of thioether (sulfide) groups is 1. The zero-order valence-electron chi connectivity index (χ0n) is 16.7. The van der Waals surface area contributed by atoms with E-state index in [0.717, 1.165) is 38.4 Å². The molecule has 1 aliphatic rings. The highest BCUT2D eigenvalue weighted by Gasteiger charge is 2.23. The Morgan fingerprint density at radius 3 is 2.46 bits per heavy atom. The van der Waals surface area contributed by atoms with Crippen molar-refractivity contribution < 1.29 is 13.9 Å². The van der Waals surface area contributed by atoms with E-state index in [9.17, 15) is 9.18 Å². The van der Waals surface area contributed by atoms with Gasteiger partial charge in [0, 0.05) is 37.2 Å². The van der Waals surface area contributed by atoms with E-state index in [1.54, 1.807) is 12.1 Å². The van der Waals surface area contributed by atoms with Crippen molar-refractivity contribution in [2.24, 2.45) is 5.41 Å². The molecule has 1 saturated heterocycles. The molecule has 1 aromatic heterocycles. The van der Waals surface area contributed by atoms with Crippen molar-refractivity contribution in [3.63, 3.8) is 0 Å². The van der Waals surface area contributed by atoms with Gasteiger partial charge >= 0.3 is 0 Å². The maximum Gasteiger partial charge on any atom is 0.191 e. The smallest absolute Gasteiger partial charge is 0.191 e. The molecule has 2 heterocycles. The van der Waals surface area contributed by atoms with Gasteiger partial charge in [0.15, 0.2) is 11.0 Å². The number of Topliss-reactive ketones (excluding diaryl/α,β-unsaturated/α-hetero) is 1. The predicted molar refractivity (Wildman–Crippen MR) is 108 cm³/mol. The molecule has 8 heteroatoms. The van der Waals surface area contributed by atoms with Crippen molar-refractivity contribution in [3.05, 3.63) is 30.1 Å². The Bertz CT molecular complexity index is 796. The third kappa shape index (κ3) is 5.40. The van der Waals surface area contributed by atoms with Crippen LogP contribution in [-0.4, -0.2) is 64.0 Å². The van der Waals surface area contributed by atoms with Crippen molar-refractivity contribution in [1.82, 2.24) is 19.7 Å². The van der Waals surface area contributed by atoms with Crippen molar-refractivity contribution in [1.29, 1.82) is 0 Å². The molecule has 1 fully saturated rings. The maximum absolute atomic E-state index is 13.3. The topological polar surface area (TPSA) is 60.2 Å². The summed E-state index contributed by atoms with van der Waals surface area (Å²) in [5.41, 5.74) is 0.427. The van der Waals surface area contributed by atoms with Crippen LogP contribution in [-0.2, 0) is 16.1 Å². The number of hydrogen-bond acceptors (Lipinski definition) is 6. The van der Waals surface area contributed by atoms with Crippen LogP contribution in [0.4, 0.5) is 4.39 Å². The first-order chi connectivity index (χ1) is 13.3. The minimum absolute atomic E-state index is 0.170. The number of rotatable bonds is 7. The highest BCUT2D eigenvalue weighted by atomic mass is 32.2. The fourth-order valence-electron chi connectivity index (χ4n) is 2.82. The van der Waals surface area contributed by atoms with Crippen LogP contribution in [0.1, 0.15) is 20.8 Å². The van der Waals surface area contributed by atoms with Crippen LogP contribution in [0.3, 0.4) is 0 Å². The van der Waals surface area contributed by atoms with Gasteiger partial charge in [-0.25, -0.2) is 4.39 Å². The number of ether oxygens (including phenoxy) is 1. The maximum atomic E-state index is 13.3. The van der Waals surface area contributed by atoms with Crippen molar-refractivity contribution >= 4 is 17.5 Å². The van der Waals surface area contributed by atoms with Gasteiger partial charge in [-0.05, 0) is 24.3 Å². The van der Waals surface area contributed by atoms with Crippen LogP contribution in [0.2, 0.25) is 0 Å². The second-order valence-corrected chi connectivity index (χ2v) is 8.82. The minimum atomic E-state index is -0.383. The van der Waals surface area contributed by atoms with Gasteiger partial charge in [-0.15, -0.1) is 10.2 Å². The monoisotopic (exact) mass is 406 g/mol. The lowest BCUT2D eigenvalue weighted by Crippen LogP contribution is -2.38. The van der Waals surface area contributed by atoms with E-state index >= 15 is 0 Å². The molecule has 0 bridgehead atoms. The fourth-order valence-corrected chi connectivity index (χ4v) is 3.95. The number of nitrogens with zero attached hydrogens (tertiary/aromatic N) is 4. The largest absolute Gasteiger partial charge is 0.379 e. The Morgan fingerprint density at radius 2 is 1.82 bits per heavy atom. The fraction of sp³-hybridized carbons (Fsp3) is 0.550. The summed E-state index contributed by atoms with van der Waals surface area (Å²) in [6.07, 6.45) is 0. The quantitative estimate of drug-likeness (QED) is 0.659. The molecular weight excluding hydrogens is 379 g/mol. The Balaban J connectivity index is 1.79. The number of carbonyl (C=O) groups is 1. The lowest BCUT2D eigenvalue weighted by atomic mass is 9.92. The molecular formula is C20H27FN4O2S. The van der Waals surface area contributed by atoms with Gasteiger partial charge < -0.3 is 9.30 Å². The van der Waals surface area contributed by atoms with Crippen LogP contribution in [0.15, 0.2) is 29.4 Å². The summed E-state index contributed by atoms with van der Waals surface area (Å²) in [7, 11) is 0. The summed E-state index contributed by atoms with van der Waals surface area (Å²) < 4.78 is 20.8. The van der Waals surface area contributed by atoms with Crippen molar-refractivity contribution in [2.45, 2.75) is 32.5 Å². The Morgan fingerprint density at radius 1 is 1.14 bits per heavy atom. The van der Waals surface area contributed by atoms with Crippen LogP contribution < -0.4 is 0 Å². The molecule has 152 valence electrons. The number of morpholine rings is 1. The highest BCUT2D eigenvalue weighted by Crippen LogP contribution is 2.26. The number of carbonyl (C=O) groups excluding carboxylic acids is 1. The molecule has 0 atom stereocenters. The van der Waals surface area contributed by atoms with E-state index in [2.05, 4.69) is 15.1 Å². The van der Waals surface area contributed by atoms with Gasteiger partial charge in [-0.2, -0.15) is 0 Å². The number of benzene rings is 1. The average Bonchev–Trinajstić information content (AvgIpc) is 3.08. The van der Waals surface area contributed by atoms with Crippen LogP contribution in [0.5, 0.6) is 0 Å². The first-order valence-electron chi connectivity index (χ1n) is 9.50. The molecule has 1 aliphatic heterocycles. The molecule has 0 unspecified atom stereocenters. The second kappa shape index (κ2) is 9.15. The normalized spacial score (nSPS) is 15.7.